The van der Waals surface area contributed by atoms with Gasteiger partial charge in [-0.1, -0.05) is 6.92 Å². The lowest BCUT2D eigenvalue weighted by molar-refractivity contribution is 0.0920. The van der Waals surface area contributed by atoms with E-state index in [4.69, 9.17) is 5.73 Å². The van der Waals surface area contributed by atoms with E-state index >= 15 is 0 Å². The van der Waals surface area contributed by atoms with Crippen LogP contribution in [-0.2, 0) is 6.42 Å². The van der Waals surface area contributed by atoms with E-state index in [1.165, 1.54) is 6.20 Å². The van der Waals surface area contributed by atoms with Crippen LogP contribution in [0.1, 0.15) is 66.8 Å². The Morgan fingerprint density at radius 3 is 2.69 bits per heavy atom. The van der Waals surface area contributed by atoms with Gasteiger partial charge in [-0.15, -0.1) is 11.3 Å². The smallest absolute Gasteiger partial charge is 0.271 e. The number of hydrogen-bond donors (Lipinski definition) is 3. The summed E-state index contributed by atoms with van der Waals surface area (Å²) in [6.07, 6.45) is 7.79. The largest absolute Gasteiger partial charge is 0.361 e. The first-order valence-electron chi connectivity index (χ1n) is 9.14. The number of carbonyl (C=O) groups is 1. The predicted molar refractivity (Wildman–Crippen MR) is 103 cm³/mol. The molecule has 1 atom stereocenters. The van der Waals surface area contributed by atoms with Gasteiger partial charge in [-0.05, 0) is 39.0 Å². The molecule has 4 N–H and O–H groups in total. The maximum atomic E-state index is 12.3. The molecule has 1 fully saturated rings. The summed E-state index contributed by atoms with van der Waals surface area (Å²) >= 11 is 1.66. The third-order valence-corrected chi connectivity index (χ3v) is 5.68. The van der Waals surface area contributed by atoms with Crippen molar-refractivity contribution < 1.29 is 4.79 Å². The number of hydrogen-bond acceptors (Lipinski definition) is 7. The number of amides is 1. The molecule has 2 aromatic rings. The van der Waals surface area contributed by atoms with Crippen LogP contribution in [0.4, 0.5) is 5.82 Å². The Kier molecular flexibility index (Phi) is 6.16. The van der Waals surface area contributed by atoms with Crippen molar-refractivity contribution >= 4 is 23.1 Å². The Bertz CT molecular complexity index is 724. The Balaban J connectivity index is 1.55. The summed E-state index contributed by atoms with van der Waals surface area (Å²) in [7, 11) is 0. The second-order valence-corrected chi connectivity index (χ2v) is 7.70. The third kappa shape index (κ3) is 4.76. The standard InChI is InChI=1S/C18H26N6OS/c1-3-17-24-15(10-26-17)11(2)22-16-9-20-14(8-21-16)18(25)23-13-6-4-12(19)5-7-13/h8-13H,3-7,19H2,1-2H3,(H,21,22)(H,23,25). The van der Waals surface area contributed by atoms with Gasteiger partial charge >= 0.3 is 0 Å². The van der Waals surface area contributed by atoms with E-state index in [0.717, 1.165) is 42.8 Å². The summed E-state index contributed by atoms with van der Waals surface area (Å²) in [5.74, 6) is 0.452. The van der Waals surface area contributed by atoms with Crippen molar-refractivity contribution in [3.63, 3.8) is 0 Å². The monoisotopic (exact) mass is 374 g/mol. The minimum Gasteiger partial charge on any atom is -0.361 e. The molecule has 1 amide bonds. The minimum atomic E-state index is -0.176. The summed E-state index contributed by atoms with van der Waals surface area (Å²) in [6.45, 7) is 4.13. The normalized spacial score (nSPS) is 21.2. The molecular weight excluding hydrogens is 348 g/mol. The first kappa shape index (κ1) is 18.7. The highest BCUT2D eigenvalue weighted by Crippen LogP contribution is 2.20. The molecule has 2 heterocycles. The van der Waals surface area contributed by atoms with Gasteiger partial charge in [0.25, 0.3) is 5.91 Å². The van der Waals surface area contributed by atoms with Gasteiger partial charge in [-0.3, -0.25) is 4.79 Å². The molecule has 1 aliphatic rings. The fraction of sp³-hybridized carbons (Fsp3) is 0.556. The average Bonchev–Trinajstić information content (AvgIpc) is 3.13. The van der Waals surface area contributed by atoms with E-state index in [1.54, 1.807) is 17.5 Å². The van der Waals surface area contributed by atoms with Crippen LogP contribution in [0.5, 0.6) is 0 Å². The highest BCUT2D eigenvalue weighted by atomic mass is 32.1. The lowest BCUT2D eigenvalue weighted by Gasteiger charge is -2.26. The first-order valence-corrected chi connectivity index (χ1v) is 10.0. The van der Waals surface area contributed by atoms with Gasteiger partial charge in [-0.25, -0.2) is 15.0 Å². The highest BCUT2D eigenvalue weighted by molar-refractivity contribution is 7.09. The van der Waals surface area contributed by atoms with Crippen molar-refractivity contribution in [2.75, 3.05) is 5.32 Å². The topological polar surface area (TPSA) is 106 Å². The van der Waals surface area contributed by atoms with Crippen LogP contribution in [-0.4, -0.2) is 32.9 Å². The average molecular weight is 375 g/mol. The Morgan fingerprint density at radius 1 is 1.31 bits per heavy atom. The van der Waals surface area contributed by atoms with Crippen LogP contribution in [0.3, 0.4) is 0 Å². The van der Waals surface area contributed by atoms with E-state index < -0.39 is 0 Å². The van der Waals surface area contributed by atoms with E-state index in [9.17, 15) is 4.79 Å². The molecule has 0 aromatic carbocycles. The molecule has 0 bridgehead atoms. The lowest BCUT2D eigenvalue weighted by atomic mass is 9.92. The Hall–Kier alpha value is -2.06. The second kappa shape index (κ2) is 8.55. The summed E-state index contributed by atoms with van der Waals surface area (Å²) in [6, 6.07) is 0.479. The Morgan fingerprint density at radius 2 is 2.08 bits per heavy atom. The quantitative estimate of drug-likeness (QED) is 0.718. The molecule has 1 unspecified atom stereocenters. The van der Waals surface area contributed by atoms with Crippen molar-refractivity contribution in [3.8, 4) is 0 Å². The number of anilines is 1. The zero-order valence-corrected chi connectivity index (χ0v) is 16.1. The lowest BCUT2D eigenvalue weighted by Crippen LogP contribution is -2.40. The molecule has 140 valence electrons. The van der Waals surface area contributed by atoms with Crippen molar-refractivity contribution in [3.05, 3.63) is 34.2 Å². The van der Waals surface area contributed by atoms with E-state index in [2.05, 4.69) is 37.9 Å². The molecule has 1 aliphatic carbocycles. The fourth-order valence-corrected chi connectivity index (χ4v) is 3.86. The molecule has 2 aromatic heterocycles. The second-order valence-electron chi connectivity index (χ2n) is 6.76. The first-order chi connectivity index (χ1) is 12.5. The van der Waals surface area contributed by atoms with Crippen molar-refractivity contribution in [2.45, 2.75) is 64.1 Å². The number of aromatic nitrogens is 3. The molecule has 7 nitrogen and oxygen atoms in total. The molecule has 8 heteroatoms. The maximum absolute atomic E-state index is 12.3. The highest BCUT2D eigenvalue weighted by Gasteiger charge is 2.21. The molecule has 0 aliphatic heterocycles. The van der Waals surface area contributed by atoms with Gasteiger partial charge in [0.05, 0.1) is 29.1 Å². The number of thiazole rings is 1. The SMILES string of the molecule is CCc1nc(C(C)Nc2cnc(C(=O)NC3CCC(N)CC3)cn2)cs1. The molecular formula is C18H26N6OS. The van der Waals surface area contributed by atoms with E-state index in [-0.39, 0.29) is 24.0 Å². The number of carbonyl (C=O) groups excluding carboxylic acids is 1. The van der Waals surface area contributed by atoms with Crippen LogP contribution in [0.25, 0.3) is 0 Å². The van der Waals surface area contributed by atoms with Crippen LogP contribution >= 0.6 is 11.3 Å². The Labute approximate surface area is 157 Å². The van der Waals surface area contributed by atoms with Crippen LogP contribution < -0.4 is 16.4 Å². The molecule has 0 spiro atoms. The zero-order chi connectivity index (χ0) is 18.5. The number of nitrogens with two attached hydrogens (primary N) is 1. The number of rotatable bonds is 6. The minimum absolute atomic E-state index is 0.0342. The van der Waals surface area contributed by atoms with E-state index in [0.29, 0.717) is 11.5 Å². The van der Waals surface area contributed by atoms with Gasteiger partial charge in [0.2, 0.25) is 0 Å². The number of nitrogens with zero attached hydrogens (tertiary/aromatic N) is 3. The predicted octanol–water partition coefficient (Wildman–Crippen LogP) is 2.67. The molecule has 1 saturated carbocycles. The molecule has 0 saturated heterocycles. The molecule has 0 radical (unpaired) electrons. The third-order valence-electron chi connectivity index (χ3n) is 4.67. The van der Waals surface area contributed by atoms with E-state index in [1.807, 2.05) is 6.92 Å². The van der Waals surface area contributed by atoms with Crippen molar-refractivity contribution in [2.24, 2.45) is 5.73 Å². The van der Waals surface area contributed by atoms with Gasteiger partial charge in [0, 0.05) is 17.5 Å². The van der Waals surface area contributed by atoms with Crippen molar-refractivity contribution in [1.29, 1.82) is 0 Å². The van der Waals surface area contributed by atoms with Crippen LogP contribution in [0.15, 0.2) is 17.8 Å². The van der Waals surface area contributed by atoms with Gasteiger partial charge in [-0.2, -0.15) is 0 Å². The summed E-state index contributed by atoms with van der Waals surface area (Å²) in [5.41, 5.74) is 7.23. The van der Waals surface area contributed by atoms with Crippen LogP contribution in [0, 0.1) is 0 Å². The zero-order valence-electron chi connectivity index (χ0n) is 15.2. The number of aryl methyl sites for hydroxylation is 1. The summed E-state index contributed by atoms with van der Waals surface area (Å²) in [5, 5.41) is 9.48. The number of nitrogens with one attached hydrogen (secondary N) is 2. The molecule has 26 heavy (non-hydrogen) atoms. The van der Waals surface area contributed by atoms with Gasteiger partial charge in [0.1, 0.15) is 11.5 Å². The molecule has 3 rings (SSSR count). The van der Waals surface area contributed by atoms with Gasteiger partial charge < -0.3 is 16.4 Å². The fourth-order valence-electron chi connectivity index (χ4n) is 3.02. The summed E-state index contributed by atoms with van der Waals surface area (Å²) < 4.78 is 0. The van der Waals surface area contributed by atoms with Gasteiger partial charge in [0.15, 0.2) is 0 Å². The summed E-state index contributed by atoms with van der Waals surface area (Å²) in [4.78, 5) is 25.5. The van der Waals surface area contributed by atoms with Crippen LogP contribution in [0.2, 0.25) is 0 Å². The van der Waals surface area contributed by atoms with Crippen molar-refractivity contribution in [1.82, 2.24) is 20.3 Å². The maximum Gasteiger partial charge on any atom is 0.271 e.